The van der Waals surface area contributed by atoms with Gasteiger partial charge in [-0.1, -0.05) is 13.3 Å². The molecule has 1 amide bonds. The first-order valence-corrected chi connectivity index (χ1v) is 5.53. The van der Waals surface area contributed by atoms with Crippen molar-refractivity contribution < 1.29 is 4.79 Å². The summed E-state index contributed by atoms with van der Waals surface area (Å²) in [5.74, 6) is 1.09. The van der Waals surface area contributed by atoms with E-state index in [4.69, 9.17) is 5.73 Å². The van der Waals surface area contributed by atoms with E-state index in [0.717, 1.165) is 6.42 Å². The lowest BCUT2D eigenvalue weighted by Crippen LogP contribution is -2.40. The number of likely N-dealkylation sites (N-methyl/N-ethyl adjacent to an activating group) is 1. The first-order valence-electron chi connectivity index (χ1n) is 5.53. The van der Waals surface area contributed by atoms with E-state index < -0.39 is 0 Å². The van der Waals surface area contributed by atoms with Crippen molar-refractivity contribution in [2.75, 3.05) is 13.6 Å². The standard InChI is InChI=1S/C11H22N2O/c1-8-5-4-6-10(8)11(14)13(3)7-9(2)12/h8-10H,4-7,12H2,1-3H3. The Morgan fingerprint density at radius 3 is 2.64 bits per heavy atom. The maximum atomic E-state index is 12.0. The molecule has 0 spiro atoms. The number of hydrogen-bond donors (Lipinski definition) is 1. The lowest BCUT2D eigenvalue weighted by atomic mass is 9.96. The van der Waals surface area contributed by atoms with Crippen molar-refractivity contribution in [2.24, 2.45) is 17.6 Å². The third-order valence-corrected chi connectivity index (χ3v) is 3.12. The van der Waals surface area contributed by atoms with E-state index in [0.29, 0.717) is 12.5 Å². The van der Waals surface area contributed by atoms with Crippen LogP contribution in [0.2, 0.25) is 0 Å². The average molecular weight is 198 g/mol. The fraction of sp³-hybridized carbons (Fsp3) is 0.909. The molecule has 0 aromatic rings. The van der Waals surface area contributed by atoms with Gasteiger partial charge in [0.1, 0.15) is 0 Å². The summed E-state index contributed by atoms with van der Waals surface area (Å²) in [5, 5.41) is 0. The minimum atomic E-state index is 0.0701. The van der Waals surface area contributed by atoms with Gasteiger partial charge in [0.05, 0.1) is 0 Å². The first-order chi connectivity index (χ1) is 6.52. The summed E-state index contributed by atoms with van der Waals surface area (Å²) in [7, 11) is 1.86. The number of hydrogen-bond acceptors (Lipinski definition) is 2. The molecule has 0 aliphatic heterocycles. The molecule has 3 heteroatoms. The minimum Gasteiger partial charge on any atom is -0.344 e. The third-order valence-electron chi connectivity index (χ3n) is 3.12. The van der Waals surface area contributed by atoms with Gasteiger partial charge in [-0.15, -0.1) is 0 Å². The maximum Gasteiger partial charge on any atom is 0.225 e. The molecule has 3 nitrogen and oxygen atoms in total. The van der Waals surface area contributed by atoms with Crippen LogP contribution < -0.4 is 5.73 Å². The Kier molecular flexibility index (Phi) is 3.93. The fourth-order valence-electron chi connectivity index (χ4n) is 2.32. The largest absolute Gasteiger partial charge is 0.344 e. The molecule has 1 rings (SSSR count). The quantitative estimate of drug-likeness (QED) is 0.741. The van der Waals surface area contributed by atoms with Gasteiger partial charge in [0, 0.05) is 25.6 Å². The lowest BCUT2D eigenvalue weighted by Gasteiger charge is -2.24. The molecule has 1 aliphatic rings. The molecule has 3 unspecified atom stereocenters. The topological polar surface area (TPSA) is 46.3 Å². The van der Waals surface area contributed by atoms with E-state index in [9.17, 15) is 4.79 Å². The van der Waals surface area contributed by atoms with Gasteiger partial charge in [-0.25, -0.2) is 0 Å². The molecule has 0 radical (unpaired) electrons. The molecule has 1 saturated carbocycles. The molecule has 1 fully saturated rings. The highest BCUT2D eigenvalue weighted by Crippen LogP contribution is 2.32. The number of nitrogens with two attached hydrogens (primary N) is 1. The van der Waals surface area contributed by atoms with Crippen molar-refractivity contribution in [3.63, 3.8) is 0 Å². The van der Waals surface area contributed by atoms with E-state index in [-0.39, 0.29) is 17.9 Å². The zero-order valence-electron chi connectivity index (χ0n) is 9.49. The number of nitrogens with zero attached hydrogens (tertiary/aromatic N) is 1. The summed E-state index contributed by atoms with van der Waals surface area (Å²) < 4.78 is 0. The Bertz CT molecular complexity index is 203. The second-order valence-corrected chi connectivity index (χ2v) is 4.71. The van der Waals surface area contributed by atoms with Crippen molar-refractivity contribution in [2.45, 2.75) is 39.2 Å². The molecule has 2 N–H and O–H groups in total. The predicted octanol–water partition coefficient (Wildman–Crippen LogP) is 1.23. The smallest absolute Gasteiger partial charge is 0.225 e. The van der Waals surface area contributed by atoms with E-state index in [1.54, 1.807) is 4.90 Å². The van der Waals surface area contributed by atoms with Crippen LogP contribution in [0.25, 0.3) is 0 Å². The lowest BCUT2D eigenvalue weighted by molar-refractivity contribution is -0.135. The Labute approximate surface area is 86.6 Å². The summed E-state index contributed by atoms with van der Waals surface area (Å²) in [6.07, 6.45) is 3.45. The van der Waals surface area contributed by atoms with E-state index in [2.05, 4.69) is 6.92 Å². The summed E-state index contributed by atoms with van der Waals surface area (Å²) in [4.78, 5) is 13.8. The average Bonchev–Trinajstić information content (AvgIpc) is 2.48. The minimum absolute atomic E-state index is 0.0701. The highest BCUT2D eigenvalue weighted by molar-refractivity contribution is 5.79. The maximum absolute atomic E-state index is 12.0. The number of amides is 1. The molecular weight excluding hydrogens is 176 g/mol. The Hall–Kier alpha value is -0.570. The van der Waals surface area contributed by atoms with Crippen LogP contribution >= 0.6 is 0 Å². The van der Waals surface area contributed by atoms with Gasteiger partial charge in [0.15, 0.2) is 0 Å². The Balaban J connectivity index is 2.47. The zero-order valence-corrected chi connectivity index (χ0v) is 9.49. The van der Waals surface area contributed by atoms with E-state index in [1.165, 1.54) is 12.8 Å². The SMILES string of the molecule is CC(N)CN(C)C(=O)C1CCCC1C. The van der Waals surface area contributed by atoms with Crippen molar-refractivity contribution in [1.82, 2.24) is 4.90 Å². The van der Waals surface area contributed by atoms with Crippen LogP contribution in [-0.2, 0) is 4.79 Å². The first kappa shape index (κ1) is 11.5. The summed E-state index contributed by atoms with van der Waals surface area (Å²) in [6, 6.07) is 0.0701. The number of rotatable bonds is 3. The predicted molar refractivity (Wildman–Crippen MR) is 57.8 cm³/mol. The van der Waals surface area contributed by atoms with Gasteiger partial charge in [-0.05, 0) is 25.7 Å². The van der Waals surface area contributed by atoms with Crippen molar-refractivity contribution in [1.29, 1.82) is 0 Å². The zero-order chi connectivity index (χ0) is 10.7. The van der Waals surface area contributed by atoms with Crippen LogP contribution in [0.15, 0.2) is 0 Å². The Morgan fingerprint density at radius 2 is 2.21 bits per heavy atom. The van der Waals surface area contributed by atoms with Gasteiger partial charge in [0.25, 0.3) is 0 Å². The van der Waals surface area contributed by atoms with E-state index in [1.807, 2.05) is 14.0 Å². The van der Waals surface area contributed by atoms with Crippen molar-refractivity contribution in [3.8, 4) is 0 Å². The second kappa shape index (κ2) is 4.78. The fourth-order valence-corrected chi connectivity index (χ4v) is 2.32. The van der Waals surface area contributed by atoms with E-state index >= 15 is 0 Å². The van der Waals surface area contributed by atoms with Gasteiger partial charge >= 0.3 is 0 Å². The summed E-state index contributed by atoms with van der Waals surface area (Å²) in [5.41, 5.74) is 5.67. The van der Waals surface area contributed by atoms with Crippen molar-refractivity contribution in [3.05, 3.63) is 0 Å². The highest BCUT2D eigenvalue weighted by atomic mass is 16.2. The van der Waals surface area contributed by atoms with Crippen LogP contribution in [0.3, 0.4) is 0 Å². The molecule has 3 atom stereocenters. The third kappa shape index (κ3) is 2.71. The molecule has 0 bridgehead atoms. The van der Waals surface area contributed by atoms with Crippen LogP contribution in [0.5, 0.6) is 0 Å². The summed E-state index contributed by atoms with van der Waals surface area (Å²) in [6.45, 7) is 4.78. The number of carbonyl (C=O) groups is 1. The highest BCUT2D eigenvalue weighted by Gasteiger charge is 2.31. The van der Waals surface area contributed by atoms with Crippen LogP contribution in [-0.4, -0.2) is 30.4 Å². The molecule has 0 heterocycles. The molecule has 82 valence electrons. The van der Waals surface area contributed by atoms with Gasteiger partial charge in [-0.2, -0.15) is 0 Å². The van der Waals surface area contributed by atoms with Gasteiger partial charge in [0.2, 0.25) is 5.91 Å². The van der Waals surface area contributed by atoms with Crippen LogP contribution in [0.4, 0.5) is 0 Å². The van der Waals surface area contributed by atoms with Gasteiger partial charge in [-0.3, -0.25) is 4.79 Å². The molecule has 0 saturated heterocycles. The van der Waals surface area contributed by atoms with Gasteiger partial charge < -0.3 is 10.6 Å². The molecule has 0 aromatic carbocycles. The molecule has 1 aliphatic carbocycles. The van der Waals surface area contributed by atoms with Crippen LogP contribution in [0.1, 0.15) is 33.1 Å². The monoisotopic (exact) mass is 198 g/mol. The molecular formula is C11H22N2O. The second-order valence-electron chi connectivity index (χ2n) is 4.71. The number of carbonyl (C=O) groups excluding carboxylic acids is 1. The molecule has 14 heavy (non-hydrogen) atoms. The molecule has 0 aromatic heterocycles. The normalized spacial score (nSPS) is 28.9. The van der Waals surface area contributed by atoms with Crippen molar-refractivity contribution >= 4 is 5.91 Å². The summed E-state index contributed by atoms with van der Waals surface area (Å²) >= 11 is 0. The Morgan fingerprint density at radius 1 is 1.57 bits per heavy atom. The van der Waals surface area contributed by atoms with Crippen LogP contribution in [0, 0.1) is 11.8 Å².